The van der Waals surface area contributed by atoms with Crippen molar-refractivity contribution in [2.24, 2.45) is 21.6 Å². The van der Waals surface area contributed by atoms with E-state index in [1.54, 1.807) is 36.4 Å². The van der Waals surface area contributed by atoms with Crippen molar-refractivity contribution >= 4 is 105 Å². The van der Waals surface area contributed by atoms with E-state index in [2.05, 4.69) is 89.4 Å². The number of aliphatic imine (C=N–C) groups is 2. The van der Waals surface area contributed by atoms with Gasteiger partial charge in [0, 0.05) is 102 Å². The van der Waals surface area contributed by atoms with Crippen LogP contribution in [0.25, 0.3) is 10.8 Å². The molecule has 3 heterocycles. The Morgan fingerprint density at radius 1 is 0.535 bits per heavy atom. The second kappa shape index (κ2) is 55.4. The summed E-state index contributed by atoms with van der Waals surface area (Å²) in [4.78, 5) is 184. The zero-order valence-electron chi connectivity index (χ0n) is 75.5. The molecule has 2 aliphatic heterocycles. The molecule has 700 valence electrons. The number of carbonyl (C=O) groups excluding carboxylic acids is 12. The molecule has 0 aliphatic carbocycles. The van der Waals surface area contributed by atoms with Crippen molar-refractivity contribution in [2.45, 2.75) is 231 Å². The molecule has 2 aliphatic rings. The van der Waals surface area contributed by atoms with Gasteiger partial charge in [-0.15, -0.1) is 0 Å². The van der Waals surface area contributed by atoms with Gasteiger partial charge in [-0.25, -0.2) is 0 Å². The molecule has 6 aromatic rings. The van der Waals surface area contributed by atoms with Gasteiger partial charge in [0.05, 0.1) is 19.6 Å². The molecule has 0 spiro atoms. The molecule has 8 rings (SSSR count). The molecule has 5 aromatic carbocycles. The number of fused-ring (bicyclic) bond motifs is 1. The summed E-state index contributed by atoms with van der Waals surface area (Å²) in [7, 11) is 1.46. The van der Waals surface area contributed by atoms with Crippen molar-refractivity contribution in [3.63, 3.8) is 0 Å². The van der Waals surface area contributed by atoms with Crippen LogP contribution in [-0.4, -0.2) is 235 Å². The Balaban J connectivity index is 0.00000119. The summed E-state index contributed by atoms with van der Waals surface area (Å²) in [5.41, 5.74) is 8.68. The highest BCUT2D eigenvalue weighted by atomic mass is 35.5. The molecule has 1 aromatic heterocycles. The number of methoxy groups -OCH3 is 1. The first kappa shape index (κ1) is 104. The number of nitrogens with zero attached hydrogens (tertiary/aromatic N) is 4. The van der Waals surface area contributed by atoms with Crippen LogP contribution in [-0.2, 0) is 88.0 Å². The number of primary amides is 1. The lowest BCUT2D eigenvalue weighted by Crippen LogP contribution is -2.61. The number of aromatic hydroxyl groups is 1. The zero-order valence-corrected chi connectivity index (χ0v) is 76.2. The van der Waals surface area contributed by atoms with E-state index in [4.69, 9.17) is 22.1 Å². The number of halogens is 1. The summed E-state index contributed by atoms with van der Waals surface area (Å²) in [5.74, 6) is -8.05. The van der Waals surface area contributed by atoms with Crippen LogP contribution in [0.1, 0.15) is 166 Å². The van der Waals surface area contributed by atoms with Crippen LogP contribution in [0, 0.1) is 5.92 Å². The Labute approximate surface area is 760 Å². The van der Waals surface area contributed by atoms with Gasteiger partial charge in [0.25, 0.3) is 0 Å². The number of phenolic OH excluding ortho intramolecular Hbond substituents is 1. The van der Waals surface area contributed by atoms with Crippen molar-refractivity contribution in [3.05, 3.63) is 179 Å². The number of benzene rings is 5. The van der Waals surface area contributed by atoms with Gasteiger partial charge in [0.2, 0.25) is 65.0 Å². The van der Waals surface area contributed by atoms with Crippen molar-refractivity contribution in [1.82, 2.24) is 84.3 Å². The molecule has 0 saturated carbocycles. The fourth-order valence-electron chi connectivity index (χ4n) is 15.3. The number of hydrogen-bond acceptors (Lipinski definition) is 19. The molecule has 129 heavy (non-hydrogen) atoms. The van der Waals surface area contributed by atoms with E-state index >= 15 is 9.59 Å². The fraction of sp³-hybridized carbons (Fsp3) is 0.500. The van der Waals surface area contributed by atoms with E-state index < -0.39 is 132 Å². The second-order valence-electron chi connectivity index (χ2n) is 32.5. The van der Waals surface area contributed by atoms with E-state index in [-0.39, 0.29) is 93.9 Å². The van der Waals surface area contributed by atoms with Gasteiger partial charge < -0.3 is 100 Å². The third kappa shape index (κ3) is 35.0. The van der Waals surface area contributed by atoms with Gasteiger partial charge in [-0.05, 0) is 187 Å². The van der Waals surface area contributed by atoms with Crippen molar-refractivity contribution in [2.75, 3.05) is 66.1 Å². The van der Waals surface area contributed by atoms with Crippen molar-refractivity contribution in [3.8, 4) is 5.75 Å². The lowest BCUT2D eigenvalue weighted by atomic mass is 9.86. The minimum absolute atomic E-state index is 0.0340. The summed E-state index contributed by atoms with van der Waals surface area (Å²) < 4.78 is 4.94. The summed E-state index contributed by atoms with van der Waals surface area (Å²) in [6.45, 7) is 17.3. The smallest absolute Gasteiger partial charge is 0.314 e. The largest absolute Gasteiger partial charge is 0.508 e. The quantitative estimate of drug-likeness (QED) is 0.0109. The first-order valence-corrected chi connectivity index (χ1v) is 45.1. The average molecular weight is 1800 g/mol. The minimum atomic E-state index is -1.82. The molecule has 18 N–H and O–H groups in total. The van der Waals surface area contributed by atoms with Crippen LogP contribution in [0.5, 0.6) is 5.75 Å². The van der Waals surface area contributed by atoms with Crippen LogP contribution < -0.4 is 80.2 Å². The van der Waals surface area contributed by atoms with E-state index in [9.17, 15) is 58.2 Å². The van der Waals surface area contributed by atoms with Gasteiger partial charge in [0.1, 0.15) is 66.2 Å². The number of phenols is 1. The van der Waals surface area contributed by atoms with Crippen molar-refractivity contribution < 1.29 is 72.5 Å². The summed E-state index contributed by atoms with van der Waals surface area (Å²) in [6, 6.07) is 25.2. The Kier molecular flexibility index (Phi) is 44.6. The second-order valence-corrected chi connectivity index (χ2v) is 32.9. The lowest BCUT2D eigenvalue weighted by Gasteiger charge is -2.31. The number of esters is 1. The highest BCUT2D eigenvalue weighted by Gasteiger charge is 2.41. The molecule has 12 atom stereocenters. The maximum absolute atomic E-state index is 15.2. The van der Waals surface area contributed by atoms with Crippen LogP contribution in [0.2, 0.25) is 5.02 Å². The fourth-order valence-corrected chi connectivity index (χ4v) is 15.4. The molecule has 2 saturated heterocycles. The topological polar surface area (TPSA) is 490 Å². The SMILES string of the molecule is CCNC(=NCCCC[C@H](NC(=O)[C@H](CC(C)C)NC(=O)[C@@H](CCCCN=C(NCC)NCC)NC(=O)[C@H](Cc1ccc(O)cc1)NC(=O)[C@H](CO)NC(=O)[C@@H](Cc1cccnc1)NC(=O)[C@@H](Cc1ccc(Cl)cc1)NC(=O)[C@@H](Cc1cccc2ccccc12)NC(C)=O)C(=O)N1CCC[C@H]1C(=O)N[C@H](C)C(N)=O)NCC.COC(=O)C(c1ccccc1)C1CCCCN1. The number of carbonyl (C=O) groups is 12. The predicted octanol–water partition coefficient (Wildman–Crippen LogP) is 4.36. The molecule has 2 unspecified atom stereocenters. The number of aliphatic hydroxyl groups excluding tert-OH is 1. The van der Waals surface area contributed by atoms with E-state index in [0.717, 1.165) is 34.9 Å². The number of guanidine groups is 2. The molecule has 2 fully saturated rings. The number of ether oxygens (including phenoxy) is 1. The van der Waals surface area contributed by atoms with Gasteiger partial charge >= 0.3 is 5.97 Å². The predicted molar refractivity (Wildman–Crippen MR) is 496 cm³/mol. The van der Waals surface area contributed by atoms with E-state index in [1.165, 1.54) is 75.4 Å². The first-order chi connectivity index (χ1) is 62.1. The Bertz CT molecular complexity index is 4640. The first-order valence-electron chi connectivity index (χ1n) is 44.8. The number of aromatic nitrogens is 1. The third-order valence-corrected chi connectivity index (χ3v) is 22.2. The number of nitrogens with two attached hydrogens (primary N) is 1. The number of rotatable bonds is 47. The molecular formula is C94H132ClN19O15. The van der Waals surface area contributed by atoms with E-state index in [0.29, 0.717) is 98.6 Å². The number of nitrogens with one attached hydrogen (secondary N) is 14. The number of pyridine rings is 1. The Morgan fingerprint density at radius 3 is 1.56 bits per heavy atom. The third-order valence-electron chi connectivity index (χ3n) is 21.9. The monoisotopic (exact) mass is 1800 g/mol. The normalized spacial score (nSPS) is 15.7. The number of amides is 11. The minimum Gasteiger partial charge on any atom is -0.508 e. The van der Waals surface area contributed by atoms with Gasteiger partial charge in [-0.1, -0.05) is 135 Å². The van der Waals surface area contributed by atoms with Gasteiger partial charge in [-0.3, -0.25) is 72.5 Å². The van der Waals surface area contributed by atoms with Gasteiger partial charge in [-0.2, -0.15) is 0 Å². The van der Waals surface area contributed by atoms with Crippen LogP contribution in [0.3, 0.4) is 0 Å². The zero-order chi connectivity index (χ0) is 93.7. The standard InChI is InChI=1S/C80H113ClN18O13.C14H19NO2/c1-9-84-79(85-10-2)88-39-17-15-27-60(70(104)94-62(42-49(5)6)71(105)93-61(28-16-18-40-89-80(86-11-3)87-12-4)78(112)99-41-21-29-68(99)77(111)90-50(7)69(82)103)92-72(106)63(44-53-32-36-58(102)37-33-53)97-76(110)67(48-100)98-74(108)65(45-54-22-20-38-83-47-54)96-73(107)64(43-52-30-34-57(81)35-31-52)95-75(109)66(91-51(8)101)46-56-25-19-24-55-23-13-14-26-59(55)56;1-17-14(16)13(11-7-3-2-4-8-11)12-9-5-6-10-15-12/h13-14,19-20,22-26,30-38,47,49-50,60-68,100,102H,9-12,15-18,21,27-29,39-46,48H2,1-8H3,(H2,82,103)(H,90,111)(H,91,101)(H,92,106)(H,93,105)(H,94,104)(H,95,109)(H,96,107)(H,97,110)(H,98,108)(H2,84,85,88)(H2,86,87,89);2-4,7-8,12-13,15H,5-6,9-10H2,1H3/t50-,60-,61+,62+,63+,64-,65-,66-,67+,68+;/m1./s1. The number of unbranched alkanes of at least 4 members (excludes halogenated alkanes) is 2. The van der Waals surface area contributed by atoms with Crippen LogP contribution in [0.15, 0.2) is 156 Å². The lowest BCUT2D eigenvalue weighted by molar-refractivity contribution is -0.143. The maximum atomic E-state index is 15.2. The van der Waals surface area contributed by atoms with E-state index in [1.807, 2.05) is 114 Å². The van der Waals surface area contributed by atoms with Crippen molar-refractivity contribution in [1.29, 1.82) is 0 Å². The number of aliphatic hydroxyl groups is 1. The maximum Gasteiger partial charge on any atom is 0.314 e. The summed E-state index contributed by atoms with van der Waals surface area (Å²) in [6.07, 6.45) is 8.17. The summed E-state index contributed by atoms with van der Waals surface area (Å²) in [5, 5.41) is 64.3. The molecular weight excluding hydrogens is 1670 g/mol. The number of likely N-dealkylation sites (tertiary alicyclic amines) is 1. The molecule has 34 nitrogen and oxygen atoms in total. The highest BCUT2D eigenvalue weighted by molar-refractivity contribution is 6.30. The average Bonchev–Trinajstić information content (AvgIpc) is 1.38. The number of piperidine rings is 1. The van der Waals surface area contributed by atoms with Gasteiger partial charge in [0.15, 0.2) is 11.9 Å². The van der Waals surface area contributed by atoms with Crippen LogP contribution in [0.4, 0.5) is 0 Å². The molecule has 0 bridgehead atoms. The summed E-state index contributed by atoms with van der Waals surface area (Å²) >= 11 is 6.27. The molecule has 35 heteroatoms. The van der Waals surface area contributed by atoms with Crippen LogP contribution >= 0.6 is 11.6 Å². The highest BCUT2D eigenvalue weighted by Crippen LogP contribution is 2.28. The number of hydrogen-bond donors (Lipinski definition) is 17. The Morgan fingerprint density at radius 2 is 1.03 bits per heavy atom. The Hall–Kier alpha value is -12.3. The molecule has 0 radical (unpaired) electrons. The molecule has 11 amide bonds.